The van der Waals surface area contributed by atoms with Crippen LogP contribution >= 0.6 is 0 Å². The molecule has 0 aliphatic carbocycles. The van der Waals surface area contributed by atoms with E-state index in [0.717, 1.165) is 5.01 Å². The molecule has 10 heteroatoms. The maximum atomic E-state index is 12.3. The number of carbonyl (C=O) groups excluding carboxylic acids is 4. The van der Waals surface area contributed by atoms with Crippen LogP contribution in [0, 0.1) is 0 Å². The van der Waals surface area contributed by atoms with Crippen molar-refractivity contribution >= 4 is 24.1 Å². The highest BCUT2D eigenvalue weighted by Crippen LogP contribution is 2.17. The number of likely N-dealkylation sites (tertiary alicyclic amines) is 1. The molecular formula is C16H27N3O7. The molecule has 148 valence electrons. The molecule has 10 nitrogen and oxygen atoms in total. The number of amides is 3. The summed E-state index contributed by atoms with van der Waals surface area (Å²) in [5.41, 5.74) is 1.51. The number of ketones is 1. The lowest BCUT2D eigenvalue weighted by Gasteiger charge is -2.37. The molecule has 0 aromatic carbocycles. The molecule has 0 aromatic rings. The highest BCUT2D eigenvalue weighted by molar-refractivity contribution is 5.90. The Labute approximate surface area is 152 Å². The Kier molecular flexibility index (Phi) is 7.66. The third-order valence-electron chi connectivity index (χ3n) is 3.31. The van der Waals surface area contributed by atoms with Crippen molar-refractivity contribution in [3.05, 3.63) is 0 Å². The van der Waals surface area contributed by atoms with E-state index in [1.54, 1.807) is 34.6 Å². The van der Waals surface area contributed by atoms with E-state index in [2.05, 4.69) is 5.43 Å². The number of rotatable bonds is 3. The van der Waals surface area contributed by atoms with E-state index < -0.39 is 29.9 Å². The van der Waals surface area contributed by atoms with Crippen LogP contribution in [0.1, 0.15) is 41.0 Å². The van der Waals surface area contributed by atoms with E-state index in [0.29, 0.717) is 0 Å². The molecule has 0 aromatic heterocycles. The van der Waals surface area contributed by atoms with Gasteiger partial charge in [0.05, 0.1) is 19.8 Å². The number of hydrogen-bond donors (Lipinski definition) is 1. The van der Waals surface area contributed by atoms with Gasteiger partial charge in [0.2, 0.25) is 0 Å². The fourth-order valence-electron chi connectivity index (χ4n) is 2.24. The van der Waals surface area contributed by atoms with Crippen molar-refractivity contribution in [2.75, 3.05) is 26.3 Å². The maximum Gasteiger partial charge on any atom is 0.429 e. The van der Waals surface area contributed by atoms with Crippen LogP contribution in [0.2, 0.25) is 0 Å². The average molecular weight is 373 g/mol. The molecule has 1 rings (SSSR count). The minimum absolute atomic E-state index is 0.0182. The number of hydrogen-bond acceptors (Lipinski definition) is 7. The molecule has 0 saturated carbocycles. The van der Waals surface area contributed by atoms with Crippen molar-refractivity contribution < 1.29 is 33.4 Å². The van der Waals surface area contributed by atoms with Crippen molar-refractivity contribution in [1.82, 2.24) is 15.3 Å². The van der Waals surface area contributed by atoms with E-state index in [1.165, 1.54) is 4.90 Å². The van der Waals surface area contributed by atoms with E-state index in [4.69, 9.17) is 14.2 Å². The number of nitrogens with one attached hydrogen (secondary N) is 1. The summed E-state index contributed by atoms with van der Waals surface area (Å²) in [5, 5.41) is 0.764. The predicted molar refractivity (Wildman–Crippen MR) is 90.2 cm³/mol. The minimum atomic E-state index is -1.10. The van der Waals surface area contributed by atoms with Crippen molar-refractivity contribution in [3.63, 3.8) is 0 Å². The van der Waals surface area contributed by atoms with Gasteiger partial charge in [-0.15, -0.1) is 0 Å². The molecule has 1 saturated heterocycles. The first-order valence-electron chi connectivity index (χ1n) is 8.49. The zero-order valence-electron chi connectivity index (χ0n) is 15.9. The van der Waals surface area contributed by atoms with Crippen molar-refractivity contribution in [1.29, 1.82) is 0 Å². The lowest BCUT2D eigenvalue weighted by Crippen LogP contribution is -2.61. The van der Waals surface area contributed by atoms with Crippen LogP contribution in [0.3, 0.4) is 0 Å². The van der Waals surface area contributed by atoms with Gasteiger partial charge >= 0.3 is 18.3 Å². The second-order valence-corrected chi connectivity index (χ2v) is 6.56. The molecule has 1 aliphatic rings. The van der Waals surface area contributed by atoms with E-state index in [1.807, 2.05) is 0 Å². The summed E-state index contributed by atoms with van der Waals surface area (Å²) in [7, 11) is 0. The molecule has 0 radical (unpaired) electrons. The van der Waals surface area contributed by atoms with Crippen LogP contribution in [0.25, 0.3) is 0 Å². The Morgan fingerprint density at radius 3 is 2.35 bits per heavy atom. The number of hydrazine groups is 1. The van der Waals surface area contributed by atoms with Gasteiger partial charge in [0.1, 0.15) is 11.6 Å². The summed E-state index contributed by atoms with van der Waals surface area (Å²) in [6.45, 7) is 8.56. The van der Waals surface area contributed by atoms with Gasteiger partial charge in [-0.2, -0.15) is 0 Å². The zero-order valence-corrected chi connectivity index (χ0v) is 15.9. The third kappa shape index (κ3) is 6.41. The van der Waals surface area contributed by atoms with E-state index >= 15 is 0 Å². The first-order valence-corrected chi connectivity index (χ1v) is 8.49. The second-order valence-electron chi connectivity index (χ2n) is 6.56. The largest absolute Gasteiger partial charge is 0.449 e. The van der Waals surface area contributed by atoms with Gasteiger partial charge < -0.3 is 19.1 Å². The van der Waals surface area contributed by atoms with Gasteiger partial charge in [0.25, 0.3) is 0 Å². The Balaban J connectivity index is 2.94. The number of piperidine rings is 1. The first kappa shape index (κ1) is 21.5. The number of carbonyl (C=O) groups is 4. The van der Waals surface area contributed by atoms with Gasteiger partial charge in [0, 0.05) is 13.0 Å². The molecule has 1 heterocycles. The molecular weight excluding hydrogens is 346 g/mol. The SMILES string of the molecule is CCOC(=O)NN(C(=O)OCC)C1CN(C(=O)OC(C)(C)C)CCC1=O. The summed E-state index contributed by atoms with van der Waals surface area (Å²) < 4.78 is 14.9. The normalized spacial score (nSPS) is 17.3. The lowest BCUT2D eigenvalue weighted by molar-refractivity contribution is -0.128. The summed E-state index contributed by atoms with van der Waals surface area (Å²) >= 11 is 0. The zero-order chi connectivity index (χ0) is 19.9. The van der Waals surface area contributed by atoms with Crippen molar-refractivity contribution in [2.45, 2.75) is 52.7 Å². The van der Waals surface area contributed by atoms with E-state index in [-0.39, 0.29) is 38.5 Å². The van der Waals surface area contributed by atoms with Gasteiger partial charge in [-0.3, -0.25) is 4.79 Å². The molecule has 1 fully saturated rings. The quantitative estimate of drug-likeness (QED) is 0.591. The lowest BCUT2D eigenvalue weighted by atomic mass is 10.0. The number of ether oxygens (including phenoxy) is 3. The van der Waals surface area contributed by atoms with Gasteiger partial charge in [-0.1, -0.05) is 0 Å². The summed E-state index contributed by atoms with van der Waals surface area (Å²) in [5.74, 6) is -0.310. The predicted octanol–water partition coefficient (Wildman–Crippen LogP) is 1.68. The van der Waals surface area contributed by atoms with Crippen LogP contribution in [-0.4, -0.2) is 71.9 Å². The fraction of sp³-hybridized carbons (Fsp3) is 0.750. The van der Waals surface area contributed by atoms with Gasteiger partial charge in [0.15, 0.2) is 5.78 Å². The highest BCUT2D eigenvalue weighted by atomic mass is 16.6. The van der Waals surface area contributed by atoms with Crippen molar-refractivity contribution in [3.8, 4) is 0 Å². The first-order chi connectivity index (χ1) is 12.1. The monoisotopic (exact) mass is 373 g/mol. The topological polar surface area (TPSA) is 114 Å². The average Bonchev–Trinajstić information content (AvgIpc) is 2.52. The Morgan fingerprint density at radius 2 is 1.81 bits per heavy atom. The van der Waals surface area contributed by atoms with Crippen LogP contribution in [0.5, 0.6) is 0 Å². The molecule has 0 spiro atoms. The Morgan fingerprint density at radius 1 is 1.19 bits per heavy atom. The Bertz CT molecular complexity index is 544. The molecule has 0 bridgehead atoms. The molecule has 1 N–H and O–H groups in total. The fourth-order valence-corrected chi connectivity index (χ4v) is 2.24. The summed E-state index contributed by atoms with van der Waals surface area (Å²) in [6, 6.07) is -1.10. The summed E-state index contributed by atoms with van der Waals surface area (Å²) in [4.78, 5) is 49.8. The molecule has 1 unspecified atom stereocenters. The van der Waals surface area contributed by atoms with Gasteiger partial charge in [-0.25, -0.2) is 24.8 Å². The third-order valence-corrected chi connectivity index (χ3v) is 3.31. The standard InChI is InChI=1S/C16H27N3O7/c1-6-24-13(21)17-19(15(23)25-7-2)11-10-18(9-8-12(11)20)14(22)26-16(3,4)5/h11H,6-10H2,1-5H3,(H,17,21). The molecule has 3 amide bonds. The van der Waals surface area contributed by atoms with Crippen molar-refractivity contribution in [2.24, 2.45) is 0 Å². The maximum absolute atomic E-state index is 12.3. The minimum Gasteiger partial charge on any atom is -0.449 e. The smallest absolute Gasteiger partial charge is 0.429 e. The molecule has 26 heavy (non-hydrogen) atoms. The highest BCUT2D eigenvalue weighted by Gasteiger charge is 2.39. The van der Waals surface area contributed by atoms with Crippen LogP contribution in [0.4, 0.5) is 14.4 Å². The number of Topliss-reactive ketones (excluding diaryl/α,β-unsaturated/α-hetero) is 1. The van der Waals surface area contributed by atoms with E-state index in [9.17, 15) is 19.2 Å². The van der Waals surface area contributed by atoms with Crippen LogP contribution < -0.4 is 5.43 Å². The number of nitrogens with zero attached hydrogens (tertiary/aromatic N) is 2. The van der Waals surface area contributed by atoms with Crippen LogP contribution in [-0.2, 0) is 19.0 Å². The van der Waals surface area contributed by atoms with Crippen LogP contribution in [0.15, 0.2) is 0 Å². The van der Waals surface area contributed by atoms with Gasteiger partial charge in [-0.05, 0) is 34.6 Å². The molecule has 1 atom stereocenters. The second kappa shape index (κ2) is 9.25. The molecule has 1 aliphatic heterocycles. The summed E-state index contributed by atoms with van der Waals surface area (Å²) in [6.07, 6.45) is -2.40. The Hall–Kier alpha value is -2.52.